The van der Waals surface area contributed by atoms with Gasteiger partial charge >= 0.3 is 11.9 Å². The molecule has 6 atom stereocenters. The number of aliphatic hydroxyl groups is 4. The standard InChI is InChI=1S/C41H66O10/c1-3-5-7-9-11-13-15-17-19-21-23-25-27-29-36(43)48-32-34(33-49-41-40(47)39(46)38(45)35(31-42)51-41)50-37(44)30-28-26-24-22-20-18-16-14-12-10-8-6-4-2/h3-4,7-10,13-16,34-35,38-42,45-47H,1-2,5-6,11-12,17-33H2/b9-7+,10-8-,15-13-,16-14-/t34-,35-,38+,39+,40-,41-/m1/s1. The third kappa shape index (κ3) is 24.1. The number of allylic oxidation sites excluding steroid dienone is 10. The Morgan fingerprint density at radius 1 is 0.608 bits per heavy atom. The van der Waals surface area contributed by atoms with Gasteiger partial charge in [-0.1, -0.05) is 99.3 Å². The van der Waals surface area contributed by atoms with E-state index in [1.165, 1.54) is 0 Å². The van der Waals surface area contributed by atoms with Crippen molar-refractivity contribution < 1.29 is 49.0 Å². The molecule has 1 fully saturated rings. The molecule has 0 spiro atoms. The fourth-order valence-electron chi connectivity index (χ4n) is 5.31. The molecule has 1 saturated heterocycles. The monoisotopic (exact) mass is 718 g/mol. The molecule has 0 unspecified atom stereocenters. The Balaban J connectivity index is 2.42. The van der Waals surface area contributed by atoms with Crippen LogP contribution < -0.4 is 0 Å². The van der Waals surface area contributed by atoms with Crippen LogP contribution in [0, 0.1) is 0 Å². The molecule has 1 aliphatic rings. The van der Waals surface area contributed by atoms with Gasteiger partial charge in [0.1, 0.15) is 31.0 Å². The molecule has 51 heavy (non-hydrogen) atoms. The van der Waals surface area contributed by atoms with E-state index < -0.39 is 55.4 Å². The first-order valence-electron chi connectivity index (χ1n) is 18.9. The molecule has 0 aromatic heterocycles. The quantitative estimate of drug-likeness (QED) is 0.0339. The molecule has 290 valence electrons. The maximum atomic E-state index is 12.7. The third-order valence-corrected chi connectivity index (χ3v) is 8.34. The summed E-state index contributed by atoms with van der Waals surface area (Å²) in [5.74, 6) is -0.866. The summed E-state index contributed by atoms with van der Waals surface area (Å²) in [5, 5.41) is 39.9. The zero-order valence-electron chi connectivity index (χ0n) is 30.7. The average molecular weight is 719 g/mol. The Morgan fingerprint density at radius 3 is 1.65 bits per heavy atom. The van der Waals surface area contributed by atoms with Crippen LogP contribution in [0.25, 0.3) is 0 Å². The van der Waals surface area contributed by atoms with Crippen LogP contribution in [0.15, 0.2) is 73.9 Å². The Kier molecular flexibility index (Phi) is 28.8. The van der Waals surface area contributed by atoms with Crippen molar-refractivity contribution in [3.05, 3.63) is 73.9 Å². The number of carbonyl (C=O) groups excluding carboxylic acids is 2. The van der Waals surface area contributed by atoms with Gasteiger partial charge in [-0.25, -0.2) is 0 Å². The smallest absolute Gasteiger partial charge is 0.306 e. The summed E-state index contributed by atoms with van der Waals surface area (Å²) in [6.45, 7) is 6.25. The molecule has 1 aliphatic heterocycles. The highest BCUT2D eigenvalue weighted by molar-refractivity contribution is 5.70. The van der Waals surface area contributed by atoms with E-state index in [1.807, 2.05) is 12.2 Å². The maximum absolute atomic E-state index is 12.7. The van der Waals surface area contributed by atoms with Gasteiger partial charge < -0.3 is 39.4 Å². The first kappa shape index (κ1) is 46.2. The lowest BCUT2D eigenvalue weighted by atomic mass is 9.99. The van der Waals surface area contributed by atoms with Crippen molar-refractivity contribution in [1.29, 1.82) is 0 Å². The van der Waals surface area contributed by atoms with Crippen LogP contribution in [0.2, 0.25) is 0 Å². The zero-order chi connectivity index (χ0) is 37.4. The highest BCUT2D eigenvalue weighted by atomic mass is 16.7. The lowest BCUT2D eigenvalue weighted by Crippen LogP contribution is -2.59. The van der Waals surface area contributed by atoms with Gasteiger partial charge in [0.2, 0.25) is 0 Å². The van der Waals surface area contributed by atoms with E-state index in [4.69, 9.17) is 18.9 Å². The number of esters is 2. The topological polar surface area (TPSA) is 152 Å². The molecular weight excluding hydrogens is 652 g/mol. The molecule has 0 radical (unpaired) electrons. The second-order valence-electron chi connectivity index (χ2n) is 12.8. The molecule has 4 N–H and O–H groups in total. The van der Waals surface area contributed by atoms with Crippen molar-refractivity contribution in [3.63, 3.8) is 0 Å². The predicted molar refractivity (Wildman–Crippen MR) is 201 cm³/mol. The van der Waals surface area contributed by atoms with Gasteiger partial charge in [-0.05, 0) is 64.2 Å². The Labute approximate surface area is 306 Å². The third-order valence-electron chi connectivity index (χ3n) is 8.34. The van der Waals surface area contributed by atoms with Gasteiger partial charge in [0.05, 0.1) is 13.2 Å². The van der Waals surface area contributed by atoms with Crippen molar-refractivity contribution in [3.8, 4) is 0 Å². The summed E-state index contributed by atoms with van der Waals surface area (Å²) >= 11 is 0. The molecule has 1 heterocycles. The fourth-order valence-corrected chi connectivity index (χ4v) is 5.31. The first-order chi connectivity index (χ1) is 24.8. The van der Waals surface area contributed by atoms with Crippen LogP contribution in [0.3, 0.4) is 0 Å². The molecule has 0 bridgehead atoms. The number of carbonyl (C=O) groups is 2. The van der Waals surface area contributed by atoms with Crippen LogP contribution in [0.4, 0.5) is 0 Å². The van der Waals surface area contributed by atoms with E-state index in [-0.39, 0.29) is 26.1 Å². The van der Waals surface area contributed by atoms with Crippen molar-refractivity contribution in [2.75, 3.05) is 19.8 Å². The Morgan fingerprint density at radius 2 is 1.10 bits per heavy atom. The molecule has 0 aliphatic carbocycles. The van der Waals surface area contributed by atoms with Gasteiger partial charge in [0.15, 0.2) is 12.4 Å². The van der Waals surface area contributed by atoms with Gasteiger partial charge in [-0.2, -0.15) is 0 Å². The van der Waals surface area contributed by atoms with Crippen LogP contribution in [0.5, 0.6) is 0 Å². The minimum Gasteiger partial charge on any atom is -0.462 e. The summed E-state index contributed by atoms with van der Waals surface area (Å²) in [5.41, 5.74) is 0. The normalized spacial score (nSPS) is 21.5. The van der Waals surface area contributed by atoms with Crippen LogP contribution >= 0.6 is 0 Å². The maximum Gasteiger partial charge on any atom is 0.306 e. The molecule has 0 aromatic carbocycles. The summed E-state index contributed by atoms with van der Waals surface area (Å²) in [6, 6.07) is 0. The van der Waals surface area contributed by atoms with Gasteiger partial charge in [0, 0.05) is 12.8 Å². The Bertz CT molecular complexity index is 1030. The molecule has 10 nitrogen and oxygen atoms in total. The summed E-state index contributed by atoms with van der Waals surface area (Å²) < 4.78 is 22.0. The lowest BCUT2D eigenvalue weighted by molar-refractivity contribution is -0.305. The number of unbranched alkanes of at least 4 members (excludes halogenated alkanes) is 10. The highest BCUT2D eigenvalue weighted by Gasteiger charge is 2.44. The van der Waals surface area contributed by atoms with Crippen molar-refractivity contribution in [2.45, 2.75) is 152 Å². The number of rotatable bonds is 31. The second kappa shape index (κ2) is 31.8. The van der Waals surface area contributed by atoms with Crippen LogP contribution in [-0.4, -0.2) is 89.0 Å². The zero-order valence-corrected chi connectivity index (χ0v) is 30.7. The number of hydrogen-bond donors (Lipinski definition) is 4. The van der Waals surface area contributed by atoms with E-state index in [2.05, 4.69) is 61.8 Å². The predicted octanol–water partition coefficient (Wildman–Crippen LogP) is 6.88. The molecular formula is C41H66O10. The molecule has 0 amide bonds. The molecule has 1 rings (SSSR count). The highest BCUT2D eigenvalue weighted by Crippen LogP contribution is 2.22. The number of aliphatic hydroxyl groups excluding tert-OH is 4. The van der Waals surface area contributed by atoms with Gasteiger partial charge in [0.25, 0.3) is 0 Å². The lowest BCUT2D eigenvalue weighted by Gasteiger charge is -2.39. The largest absolute Gasteiger partial charge is 0.462 e. The first-order valence-corrected chi connectivity index (χ1v) is 18.9. The Hall–Kier alpha value is -2.86. The molecule has 0 aromatic rings. The van der Waals surface area contributed by atoms with Crippen molar-refractivity contribution in [2.24, 2.45) is 0 Å². The van der Waals surface area contributed by atoms with Crippen molar-refractivity contribution in [1.82, 2.24) is 0 Å². The minimum atomic E-state index is -1.60. The SMILES string of the molecule is C=CC/C=C\C/C=C\CCCCCCCC(=O)O[C@H](COC(=O)CCCCCCC/C=C\C/C=C/CC=C)CO[C@@H]1O[C@H](CO)[C@H](O)[C@H](O)[C@H]1O. The number of ether oxygens (including phenoxy) is 4. The minimum absolute atomic E-state index is 0.198. The van der Waals surface area contributed by atoms with Gasteiger partial charge in [-0.3, -0.25) is 9.59 Å². The molecule has 10 heteroatoms. The van der Waals surface area contributed by atoms with Crippen molar-refractivity contribution >= 4 is 11.9 Å². The average Bonchev–Trinajstić information content (AvgIpc) is 3.13. The fraction of sp³-hybridized carbons (Fsp3) is 0.659. The van der Waals surface area contributed by atoms with E-state index in [0.717, 1.165) is 89.9 Å². The summed E-state index contributed by atoms with van der Waals surface area (Å²) in [4.78, 5) is 25.2. The van der Waals surface area contributed by atoms with Gasteiger partial charge in [-0.15, -0.1) is 13.2 Å². The summed E-state index contributed by atoms with van der Waals surface area (Å²) in [7, 11) is 0. The van der Waals surface area contributed by atoms with E-state index in [9.17, 15) is 30.0 Å². The van der Waals surface area contributed by atoms with Crippen LogP contribution in [-0.2, 0) is 28.5 Å². The van der Waals surface area contributed by atoms with E-state index in [1.54, 1.807) is 0 Å². The number of hydrogen-bond acceptors (Lipinski definition) is 10. The van der Waals surface area contributed by atoms with Crippen LogP contribution in [0.1, 0.15) is 116 Å². The second-order valence-corrected chi connectivity index (χ2v) is 12.8. The molecule has 0 saturated carbocycles. The van der Waals surface area contributed by atoms with E-state index in [0.29, 0.717) is 12.8 Å². The van der Waals surface area contributed by atoms with E-state index >= 15 is 0 Å². The summed E-state index contributed by atoms with van der Waals surface area (Å²) in [6.07, 6.45) is 28.4.